The molecule has 1 N–H and O–H groups in total. The minimum Gasteiger partial charge on any atom is -0.354 e. The molecule has 0 saturated carbocycles. The van der Waals surface area contributed by atoms with Crippen LogP contribution in [0.5, 0.6) is 0 Å². The summed E-state index contributed by atoms with van der Waals surface area (Å²) in [6.45, 7) is 6.05. The summed E-state index contributed by atoms with van der Waals surface area (Å²) >= 11 is 0. The van der Waals surface area contributed by atoms with Crippen LogP contribution in [-0.2, 0) is 13.1 Å². The number of benzene rings is 3. The number of carbonyl (C=O) groups is 1. The zero-order valence-corrected chi connectivity index (χ0v) is 25.2. The van der Waals surface area contributed by atoms with Gasteiger partial charge in [-0.15, -0.1) is 34.0 Å². The number of hydrogen-bond acceptors (Lipinski definition) is 3. The van der Waals surface area contributed by atoms with E-state index in [0.29, 0.717) is 11.3 Å². The Hall–Kier alpha value is -3.75. The topological polar surface area (TPSA) is 63.7 Å². The van der Waals surface area contributed by atoms with E-state index < -0.39 is 0 Å². The summed E-state index contributed by atoms with van der Waals surface area (Å²) in [6, 6.07) is 29.1. The third kappa shape index (κ3) is 7.22. The molecule has 6 nitrogen and oxygen atoms in total. The molecule has 2 aromatic heterocycles. The van der Waals surface area contributed by atoms with Gasteiger partial charge in [-0.1, -0.05) is 18.2 Å². The van der Waals surface area contributed by atoms with Crippen molar-refractivity contribution in [1.82, 2.24) is 9.13 Å². The Morgan fingerprint density at radius 2 is 1.36 bits per heavy atom. The van der Waals surface area contributed by atoms with Gasteiger partial charge in [0.15, 0.2) is 0 Å². The Bertz CT molecular complexity index is 1670. The summed E-state index contributed by atoms with van der Waals surface area (Å²) in [6.07, 6.45) is 6.07. The van der Waals surface area contributed by atoms with Crippen molar-refractivity contribution >= 4 is 67.8 Å². The van der Waals surface area contributed by atoms with E-state index in [2.05, 4.69) is 51.6 Å². The minimum atomic E-state index is -0.168. The molecule has 200 valence electrons. The molecule has 0 aliphatic heterocycles. The molecule has 0 bridgehead atoms. The number of aryl methyl sites for hydroxylation is 2. The maximum atomic E-state index is 12.8. The minimum absolute atomic E-state index is 0. The van der Waals surface area contributed by atoms with Crippen LogP contribution in [0.3, 0.4) is 0 Å². The second-order valence-corrected chi connectivity index (χ2v) is 8.66. The van der Waals surface area contributed by atoms with Gasteiger partial charge in [-0.25, -0.2) is 9.98 Å². The van der Waals surface area contributed by atoms with Crippen LogP contribution in [-0.4, -0.2) is 15.0 Å². The number of anilines is 1. The zero-order chi connectivity index (χ0) is 25.6. The summed E-state index contributed by atoms with van der Waals surface area (Å²) in [7, 11) is 0. The number of nitrogens with zero attached hydrogens (tertiary/aromatic N) is 4. The zero-order valence-electron chi connectivity index (χ0n) is 21.8. The maximum Gasteiger partial charge on any atom is 0.255 e. The van der Waals surface area contributed by atoms with E-state index in [1.807, 2.05) is 79.1 Å². The van der Waals surface area contributed by atoms with Gasteiger partial charge in [-0.05, 0) is 86.6 Å². The summed E-state index contributed by atoms with van der Waals surface area (Å²) < 4.78 is 4.29. The quantitative estimate of drug-likeness (QED) is 0.206. The van der Waals surface area contributed by atoms with Gasteiger partial charge in [0.05, 0.1) is 27.6 Å². The van der Waals surface area contributed by atoms with Gasteiger partial charge >= 0.3 is 0 Å². The Balaban J connectivity index is 0.00000210. The van der Waals surface area contributed by atoms with Crippen molar-refractivity contribution in [3.63, 3.8) is 0 Å². The lowest BCUT2D eigenvalue weighted by Gasteiger charge is -2.09. The van der Waals surface area contributed by atoms with E-state index >= 15 is 0 Å². The Kier molecular flexibility index (Phi) is 10.6. The number of hydrogen-bond donors (Lipinski definition) is 1. The molecule has 39 heavy (non-hydrogen) atoms. The third-order valence-corrected chi connectivity index (χ3v) is 6.24. The molecule has 0 spiro atoms. The van der Waals surface area contributed by atoms with E-state index in [0.717, 1.165) is 46.1 Å². The molecule has 8 heteroatoms. The van der Waals surface area contributed by atoms with Crippen molar-refractivity contribution in [2.45, 2.75) is 26.9 Å². The van der Waals surface area contributed by atoms with Gasteiger partial charge in [0.2, 0.25) is 0 Å². The first-order chi connectivity index (χ1) is 18.1. The molecule has 0 fully saturated rings. The van der Waals surface area contributed by atoms with Crippen molar-refractivity contribution in [3.05, 3.63) is 126 Å². The largest absolute Gasteiger partial charge is 0.354 e. The molecule has 0 radical (unpaired) electrons. The van der Waals surface area contributed by atoms with Crippen molar-refractivity contribution in [2.75, 3.05) is 5.32 Å². The molecular formula is C31H31Br2N5O. The average Bonchev–Trinajstić information content (AvgIpc) is 2.95. The number of carbonyl (C=O) groups excluding carboxylic acids is 1. The first kappa shape index (κ1) is 29.8. The van der Waals surface area contributed by atoms with Gasteiger partial charge in [-0.2, -0.15) is 0 Å². The van der Waals surface area contributed by atoms with Gasteiger partial charge < -0.3 is 14.5 Å². The van der Waals surface area contributed by atoms with Crippen molar-refractivity contribution < 1.29 is 4.79 Å². The fraction of sp³-hybridized carbons (Fsp3) is 0.129. The number of halogens is 2. The SMILES string of the molecule is Br.Br.CCn1ccc(=Nc2ccc(C(=O)Nc3ccc(N=c4ccn(CC)c5ccccc45)cc3)cc2)cc1. The summed E-state index contributed by atoms with van der Waals surface area (Å²) in [4.78, 5) is 22.2. The van der Waals surface area contributed by atoms with Crippen LogP contribution in [0.25, 0.3) is 10.9 Å². The molecule has 1 amide bonds. The number of pyridine rings is 2. The van der Waals surface area contributed by atoms with E-state index in [-0.39, 0.29) is 39.9 Å². The molecule has 2 heterocycles. The monoisotopic (exact) mass is 647 g/mol. The van der Waals surface area contributed by atoms with Gasteiger partial charge in [0, 0.05) is 48.3 Å². The Labute approximate surface area is 248 Å². The normalized spacial score (nSPS) is 10.9. The van der Waals surface area contributed by atoms with Crippen LogP contribution in [0.2, 0.25) is 0 Å². The van der Waals surface area contributed by atoms with Crippen LogP contribution in [0.1, 0.15) is 24.2 Å². The van der Waals surface area contributed by atoms with Gasteiger partial charge in [0.25, 0.3) is 5.91 Å². The predicted octanol–water partition coefficient (Wildman–Crippen LogP) is 7.36. The highest BCUT2D eigenvalue weighted by Gasteiger charge is 2.06. The van der Waals surface area contributed by atoms with Crippen LogP contribution in [0.15, 0.2) is 120 Å². The number of fused-ring (bicyclic) bond motifs is 1. The number of nitrogens with one attached hydrogen (secondary N) is 1. The molecule has 0 aliphatic carbocycles. The number of rotatable bonds is 6. The fourth-order valence-corrected chi connectivity index (χ4v) is 4.18. The predicted molar refractivity (Wildman–Crippen MR) is 170 cm³/mol. The standard InChI is InChI=1S/C31H29N5O.2BrH/c1-3-35-20-17-27(18-21-35)32-24-11-9-23(10-12-24)31(37)34-26-15-13-25(14-16-26)33-29-19-22-36(4-2)30-8-6-5-7-28(29)30;;/h5-22H,3-4H2,1-2H3,(H,34,37);2*1H. The maximum absolute atomic E-state index is 12.8. The second-order valence-electron chi connectivity index (χ2n) is 8.66. The van der Waals surface area contributed by atoms with E-state index in [9.17, 15) is 4.79 Å². The summed E-state index contributed by atoms with van der Waals surface area (Å²) in [5.74, 6) is -0.168. The molecular weight excluding hydrogens is 618 g/mol. The smallest absolute Gasteiger partial charge is 0.255 e. The number of aromatic nitrogens is 2. The molecule has 0 unspecified atom stereocenters. The van der Waals surface area contributed by atoms with Crippen LogP contribution in [0, 0.1) is 0 Å². The molecule has 5 rings (SSSR count). The van der Waals surface area contributed by atoms with Crippen LogP contribution < -0.4 is 16.0 Å². The van der Waals surface area contributed by atoms with Crippen molar-refractivity contribution in [2.24, 2.45) is 9.98 Å². The highest BCUT2D eigenvalue weighted by Crippen LogP contribution is 2.19. The van der Waals surface area contributed by atoms with Gasteiger partial charge in [0.1, 0.15) is 0 Å². The summed E-state index contributed by atoms with van der Waals surface area (Å²) in [5.41, 5.74) is 4.07. The number of para-hydroxylation sites is 1. The first-order valence-electron chi connectivity index (χ1n) is 12.5. The van der Waals surface area contributed by atoms with E-state index in [4.69, 9.17) is 4.99 Å². The summed E-state index contributed by atoms with van der Waals surface area (Å²) in [5, 5.41) is 5.86. The lowest BCUT2D eigenvalue weighted by atomic mass is 10.2. The van der Waals surface area contributed by atoms with Crippen molar-refractivity contribution in [1.29, 1.82) is 0 Å². The molecule has 3 aromatic carbocycles. The van der Waals surface area contributed by atoms with Crippen LogP contribution in [0.4, 0.5) is 17.1 Å². The van der Waals surface area contributed by atoms with Crippen LogP contribution >= 0.6 is 34.0 Å². The lowest BCUT2D eigenvalue weighted by molar-refractivity contribution is 0.102. The fourth-order valence-electron chi connectivity index (χ4n) is 4.18. The molecule has 0 atom stereocenters. The molecule has 0 aliphatic rings. The third-order valence-electron chi connectivity index (χ3n) is 6.24. The second kappa shape index (κ2) is 13.9. The van der Waals surface area contributed by atoms with Crippen molar-refractivity contribution in [3.8, 4) is 0 Å². The van der Waals surface area contributed by atoms with E-state index in [1.54, 1.807) is 12.1 Å². The Morgan fingerprint density at radius 3 is 2.03 bits per heavy atom. The van der Waals surface area contributed by atoms with E-state index in [1.165, 1.54) is 0 Å². The molecule has 0 saturated heterocycles. The highest BCUT2D eigenvalue weighted by atomic mass is 79.9. The average molecular weight is 649 g/mol. The number of amides is 1. The lowest BCUT2D eigenvalue weighted by Crippen LogP contribution is -2.11. The Morgan fingerprint density at radius 1 is 0.718 bits per heavy atom. The van der Waals surface area contributed by atoms with Gasteiger partial charge in [-0.3, -0.25) is 4.79 Å². The first-order valence-corrected chi connectivity index (χ1v) is 12.5. The molecule has 5 aromatic rings. The highest BCUT2D eigenvalue weighted by molar-refractivity contribution is 8.93.